The van der Waals surface area contributed by atoms with Crippen LogP contribution in [0.5, 0.6) is 11.5 Å². The average molecular weight is 512 g/mol. The Morgan fingerprint density at radius 1 is 1.15 bits per heavy atom. The number of ether oxygens (including phenoxy) is 2. The number of benzene rings is 1. The third-order valence-electron chi connectivity index (χ3n) is 8.10. The van der Waals surface area contributed by atoms with E-state index in [-0.39, 0.29) is 36.2 Å². The Kier molecular flexibility index (Phi) is 5.66. The number of nitrogens with zero attached hydrogens (tertiary/aromatic N) is 1. The highest BCUT2D eigenvalue weighted by molar-refractivity contribution is 9.10. The largest absolute Gasteiger partial charge is 0.495 e. The van der Waals surface area contributed by atoms with Crippen LogP contribution in [0.2, 0.25) is 0 Å². The van der Waals surface area contributed by atoms with Crippen molar-refractivity contribution in [2.75, 3.05) is 13.7 Å². The van der Waals surface area contributed by atoms with Crippen LogP contribution in [0.3, 0.4) is 0 Å². The Bertz CT molecular complexity index is 1100. The molecule has 7 atom stereocenters. The fourth-order valence-electron chi connectivity index (χ4n) is 6.86. The Morgan fingerprint density at radius 3 is 2.52 bits per heavy atom. The minimum absolute atomic E-state index is 0.0311. The van der Waals surface area contributed by atoms with E-state index in [2.05, 4.69) is 59.1 Å². The molecule has 2 aliphatic carbocycles. The zero-order valence-corrected chi connectivity index (χ0v) is 20.7. The molecule has 174 valence electrons. The monoisotopic (exact) mass is 511 g/mol. The summed E-state index contributed by atoms with van der Waals surface area (Å²) < 4.78 is 13.5. The van der Waals surface area contributed by atoms with Crippen molar-refractivity contribution in [1.29, 1.82) is 0 Å². The van der Waals surface area contributed by atoms with E-state index in [1.807, 2.05) is 24.3 Å². The van der Waals surface area contributed by atoms with Gasteiger partial charge in [-0.25, -0.2) is 0 Å². The van der Waals surface area contributed by atoms with Crippen LogP contribution in [0.1, 0.15) is 31.4 Å². The molecule has 5 rings (SSSR count). The predicted molar refractivity (Wildman–Crippen MR) is 130 cm³/mol. The van der Waals surface area contributed by atoms with Gasteiger partial charge in [0.2, 0.25) is 0 Å². The maximum Gasteiger partial charge on any atom is 0.171 e. The Morgan fingerprint density at radius 2 is 1.88 bits per heavy atom. The summed E-state index contributed by atoms with van der Waals surface area (Å²) in [5.41, 5.74) is -0.972. The van der Waals surface area contributed by atoms with E-state index in [1.54, 1.807) is 19.5 Å². The molecule has 3 aliphatic rings. The van der Waals surface area contributed by atoms with Gasteiger partial charge in [0.25, 0.3) is 0 Å². The number of hydrogen-bond acceptors (Lipinski definition) is 5. The van der Waals surface area contributed by atoms with E-state index in [0.717, 1.165) is 10.0 Å². The highest BCUT2D eigenvalue weighted by Gasteiger charge is 2.76. The molecular formula is C27H30BrNO4. The lowest BCUT2D eigenvalue weighted by atomic mass is 9.65. The number of fused-ring (bicyclic) bond motifs is 3. The highest BCUT2D eigenvalue weighted by Crippen LogP contribution is 2.71. The maximum absolute atomic E-state index is 12.9. The molecule has 0 saturated heterocycles. The number of pyridine rings is 1. The lowest BCUT2D eigenvalue weighted by molar-refractivity contribution is -0.145. The van der Waals surface area contributed by atoms with Crippen molar-refractivity contribution in [2.45, 2.75) is 31.5 Å². The average Bonchev–Trinajstić information content (AvgIpc) is 3.21. The van der Waals surface area contributed by atoms with Crippen LogP contribution in [0, 0.1) is 29.6 Å². The Hall–Kier alpha value is -2.15. The quantitative estimate of drug-likeness (QED) is 0.592. The van der Waals surface area contributed by atoms with Crippen molar-refractivity contribution < 1.29 is 19.7 Å². The predicted octanol–water partition coefficient (Wildman–Crippen LogP) is 4.97. The van der Waals surface area contributed by atoms with Gasteiger partial charge in [-0.3, -0.25) is 4.98 Å². The minimum atomic E-state index is -1.40. The SMILES string of the molecule is CC[C@H]1[C@H](CO)[C@@H](C2C=CC=CC2C)[C@]2(c3ccc(Br)cc3)Oc3cncc(OC)c3[C@]12O. The van der Waals surface area contributed by atoms with E-state index in [9.17, 15) is 10.2 Å². The van der Waals surface area contributed by atoms with Crippen LogP contribution in [-0.4, -0.2) is 28.9 Å². The van der Waals surface area contributed by atoms with Crippen LogP contribution in [0.15, 0.2) is 65.4 Å². The number of allylic oxidation sites excluding steroid dienone is 4. The summed E-state index contributed by atoms with van der Waals surface area (Å²) in [7, 11) is 1.59. The van der Waals surface area contributed by atoms with Gasteiger partial charge < -0.3 is 19.7 Å². The second-order valence-corrected chi connectivity index (χ2v) is 10.3. The molecular weight excluding hydrogens is 482 g/mol. The normalized spacial score (nSPS) is 36.4. The van der Waals surface area contributed by atoms with Crippen LogP contribution in [0.25, 0.3) is 0 Å². The Labute approximate surface area is 203 Å². The van der Waals surface area contributed by atoms with Gasteiger partial charge in [-0.15, -0.1) is 0 Å². The number of halogens is 1. The molecule has 0 radical (unpaired) electrons. The molecule has 1 aliphatic heterocycles. The Balaban J connectivity index is 1.85. The molecule has 1 aromatic heterocycles. The number of aliphatic hydroxyl groups excluding tert-OH is 1. The van der Waals surface area contributed by atoms with Crippen molar-refractivity contribution in [1.82, 2.24) is 4.98 Å². The minimum Gasteiger partial charge on any atom is -0.495 e. The molecule has 33 heavy (non-hydrogen) atoms. The van der Waals surface area contributed by atoms with Gasteiger partial charge in [0.05, 0.1) is 25.1 Å². The number of aliphatic hydroxyl groups is 2. The van der Waals surface area contributed by atoms with Crippen LogP contribution >= 0.6 is 15.9 Å². The van der Waals surface area contributed by atoms with E-state index in [4.69, 9.17) is 9.47 Å². The first-order valence-corrected chi connectivity index (χ1v) is 12.4. The third-order valence-corrected chi connectivity index (χ3v) is 8.63. The molecule has 1 saturated carbocycles. The third kappa shape index (κ3) is 2.93. The molecule has 6 heteroatoms. The summed E-state index contributed by atoms with van der Waals surface area (Å²) in [5.74, 6) is 0.783. The van der Waals surface area contributed by atoms with Crippen molar-refractivity contribution >= 4 is 15.9 Å². The molecule has 1 fully saturated rings. The van der Waals surface area contributed by atoms with Crippen molar-refractivity contribution in [3.8, 4) is 11.5 Å². The second-order valence-electron chi connectivity index (χ2n) is 9.42. The van der Waals surface area contributed by atoms with Crippen LogP contribution in [0.4, 0.5) is 0 Å². The van der Waals surface area contributed by atoms with E-state index < -0.39 is 11.2 Å². The fraction of sp³-hybridized carbons (Fsp3) is 0.444. The fourth-order valence-corrected chi connectivity index (χ4v) is 7.12. The van der Waals surface area contributed by atoms with E-state index in [0.29, 0.717) is 23.5 Å². The summed E-state index contributed by atoms with van der Waals surface area (Å²) in [4.78, 5) is 4.32. The molecule has 2 N–H and O–H groups in total. The van der Waals surface area contributed by atoms with Crippen molar-refractivity contribution in [2.24, 2.45) is 29.6 Å². The summed E-state index contributed by atoms with van der Waals surface area (Å²) in [6.45, 7) is 4.24. The molecule has 0 spiro atoms. The first-order valence-electron chi connectivity index (χ1n) is 11.6. The zero-order chi connectivity index (χ0) is 23.4. The van der Waals surface area contributed by atoms with E-state index in [1.165, 1.54) is 0 Å². The smallest absolute Gasteiger partial charge is 0.171 e. The molecule has 5 nitrogen and oxygen atoms in total. The van der Waals surface area contributed by atoms with Crippen LogP contribution in [-0.2, 0) is 11.2 Å². The first kappa shape index (κ1) is 22.6. The lowest BCUT2D eigenvalue weighted by Gasteiger charge is -2.44. The lowest BCUT2D eigenvalue weighted by Crippen LogP contribution is -2.53. The van der Waals surface area contributed by atoms with Crippen LogP contribution < -0.4 is 9.47 Å². The molecule has 0 bridgehead atoms. The molecule has 2 heterocycles. The molecule has 1 aromatic carbocycles. The zero-order valence-electron chi connectivity index (χ0n) is 19.1. The van der Waals surface area contributed by atoms with Crippen molar-refractivity contribution in [3.63, 3.8) is 0 Å². The van der Waals surface area contributed by atoms with Gasteiger partial charge in [-0.2, -0.15) is 0 Å². The van der Waals surface area contributed by atoms with Crippen molar-refractivity contribution in [3.05, 3.63) is 76.6 Å². The molecule has 0 amide bonds. The van der Waals surface area contributed by atoms with Gasteiger partial charge in [0.15, 0.2) is 5.60 Å². The van der Waals surface area contributed by atoms with E-state index >= 15 is 0 Å². The molecule has 2 unspecified atom stereocenters. The second kappa shape index (κ2) is 8.26. The van der Waals surface area contributed by atoms with Gasteiger partial charge in [0.1, 0.15) is 17.1 Å². The number of hydrogen-bond donors (Lipinski definition) is 2. The van der Waals surface area contributed by atoms with Gasteiger partial charge in [-0.05, 0) is 41.9 Å². The summed E-state index contributed by atoms with van der Waals surface area (Å²) in [6, 6.07) is 8.01. The first-order chi connectivity index (χ1) is 15.9. The standard InChI is InChI=1S/C27H30BrNO4/c1-4-21-20(15-30)24(19-8-6-5-7-16(19)2)27(17-9-11-18(28)12-10-17)26(21,31)25-22(32-3)13-29-14-23(25)33-27/h5-14,16,19-21,24,30-31H,4,15H2,1-3H3/t16?,19?,20-,21-,24+,26+,27-/m0/s1. The van der Waals surface area contributed by atoms with Gasteiger partial charge in [0, 0.05) is 22.9 Å². The number of methoxy groups -OCH3 is 1. The number of rotatable bonds is 5. The maximum atomic E-state index is 12.9. The summed E-state index contributed by atoms with van der Waals surface area (Å²) in [6.07, 6.45) is 12.5. The summed E-state index contributed by atoms with van der Waals surface area (Å²) in [5, 5.41) is 23.7. The summed E-state index contributed by atoms with van der Waals surface area (Å²) >= 11 is 3.55. The van der Waals surface area contributed by atoms with Gasteiger partial charge in [-0.1, -0.05) is 66.2 Å². The highest BCUT2D eigenvalue weighted by atomic mass is 79.9. The molecule has 2 aromatic rings. The topological polar surface area (TPSA) is 71.8 Å². The van der Waals surface area contributed by atoms with Gasteiger partial charge >= 0.3 is 0 Å². The number of aromatic nitrogens is 1.